The Kier molecular flexibility index (Phi) is 7.36. The molecule has 3 heterocycles. The Hall–Kier alpha value is -2.84. The summed E-state index contributed by atoms with van der Waals surface area (Å²) in [5, 5.41) is 7.26. The van der Waals surface area contributed by atoms with Crippen LogP contribution in [0.25, 0.3) is 0 Å². The van der Waals surface area contributed by atoms with Crippen molar-refractivity contribution in [2.45, 2.75) is 18.9 Å². The van der Waals surface area contributed by atoms with Crippen molar-refractivity contribution in [1.82, 2.24) is 19.8 Å². The molecule has 2 aliphatic rings. The van der Waals surface area contributed by atoms with Gasteiger partial charge in [-0.2, -0.15) is 4.98 Å². The van der Waals surface area contributed by atoms with E-state index in [-0.39, 0.29) is 29.9 Å². The van der Waals surface area contributed by atoms with Crippen LogP contribution in [-0.2, 0) is 4.57 Å². The molecule has 2 N–H and O–H groups in total. The third-order valence-corrected chi connectivity index (χ3v) is 9.02. The van der Waals surface area contributed by atoms with Crippen LogP contribution in [-0.4, -0.2) is 92.5 Å². The molecular weight excluding hydrogens is 545 g/mol. The zero-order chi connectivity index (χ0) is 31.9. The lowest BCUT2D eigenvalue weighted by molar-refractivity contribution is 0.0982. The van der Waals surface area contributed by atoms with Crippen LogP contribution in [0.5, 0.6) is 5.75 Å². The number of nitrogens with one attached hydrogen (secondary N) is 2. The molecular formula is C29H39ClN7O2P. The Morgan fingerprint density at radius 1 is 1.05 bits per heavy atom. The van der Waals surface area contributed by atoms with Gasteiger partial charge in [-0.05, 0) is 57.5 Å². The highest BCUT2D eigenvalue weighted by molar-refractivity contribution is 7.70. The van der Waals surface area contributed by atoms with Gasteiger partial charge in [-0.3, -0.25) is 4.90 Å². The second-order valence-electron chi connectivity index (χ2n) is 10.4. The van der Waals surface area contributed by atoms with Gasteiger partial charge in [-0.15, -0.1) is 0 Å². The van der Waals surface area contributed by atoms with Crippen LogP contribution in [0, 0.1) is 0 Å². The smallest absolute Gasteiger partial charge is 0.229 e. The molecule has 2 saturated heterocycles. The van der Waals surface area contributed by atoms with Crippen molar-refractivity contribution in [3.8, 4) is 5.75 Å². The summed E-state index contributed by atoms with van der Waals surface area (Å²) in [4.78, 5) is 14.5. The molecule has 2 aliphatic heterocycles. The second kappa shape index (κ2) is 12.4. The SMILES string of the molecule is [2H]C1([2H])CC(N2CCN(C)CC2)CC([2H])([2H])N1c1ccc(Nc2ncc(Cl)c(Nc3ccccc3P(C)(C)=O)n2)c(OC)c1. The van der Waals surface area contributed by atoms with Crippen LogP contribution in [0.3, 0.4) is 0 Å². The van der Waals surface area contributed by atoms with Gasteiger partial charge in [0.15, 0.2) is 5.82 Å². The number of methoxy groups -OCH3 is 1. The Balaban J connectivity index is 1.37. The molecule has 1 aromatic heterocycles. The third kappa shape index (κ3) is 6.72. The van der Waals surface area contributed by atoms with Crippen molar-refractivity contribution in [2.24, 2.45) is 0 Å². The lowest BCUT2D eigenvalue weighted by Crippen LogP contribution is -2.52. The van der Waals surface area contributed by atoms with Gasteiger partial charge in [-0.25, -0.2) is 4.98 Å². The molecule has 5 rings (SSSR count). The maximum atomic E-state index is 12.8. The fourth-order valence-corrected chi connectivity index (χ4v) is 6.18. The maximum Gasteiger partial charge on any atom is 0.229 e. The molecule has 11 heteroatoms. The molecule has 0 saturated carbocycles. The molecule has 0 radical (unpaired) electrons. The average molecular weight is 588 g/mol. The summed E-state index contributed by atoms with van der Waals surface area (Å²) in [6, 6.07) is 12.1. The minimum Gasteiger partial charge on any atom is -0.494 e. The summed E-state index contributed by atoms with van der Waals surface area (Å²) < 4.78 is 54.1. The second-order valence-corrected chi connectivity index (χ2v) is 14.0. The van der Waals surface area contributed by atoms with E-state index in [0.29, 0.717) is 33.9 Å². The molecule has 0 spiro atoms. The van der Waals surface area contributed by atoms with Crippen LogP contribution in [0.15, 0.2) is 48.7 Å². The molecule has 214 valence electrons. The number of nitrogens with zero attached hydrogens (tertiary/aromatic N) is 5. The van der Waals surface area contributed by atoms with Gasteiger partial charge in [0, 0.05) is 67.8 Å². The molecule has 0 bridgehead atoms. The van der Waals surface area contributed by atoms with E-state index in [9.17, 15) is 4.57 Å². The summed E-state index contributed by atoms with van der Waals surface area (Å²) in [5.41, 5.74) is 1.51. The maximum absolute atomic E-state index is 12.8. The zero-order valence-electron chi connectivity index (χ0n) is 27.3. The average Bonchev–Trinajstić information content (AvgIpc) is 2.94. The van der Waals surface area contributed by atoms with Gasteiger partial charge in [0.05, 0.1) is 24.7 Å². The van der Waals surface area contributed by atoms with E-state index in [4.69, 9.17) is 21.8 Å². The molecule has 3 aromatic rings. The van der Waals surface area contributed by atoms with E-state index in [0.717, 1.165) is 26.2 Å². The van der Waals surface area contributed by atoms with Crippen molar-refractivity contribution in [3.05, 3.63) is 53.7 Å². The largest absolute Gasteiger partial charge is 0.494 e. The number of hydrogen-bond donors (Lipinski definition) is 2. The van der Waals surface area contributed by atoms with Crippen LogP contribution < -0.4 is 25.6 Å². The Labute approximate surface area is 247 Å². The van der Waals surface area contributed by atoms with Gasteiger partial charge < -0.3 is 29.7 Å². The highest BCUT2D eigenvalue weighted by Crippen LogP contribution is 2.39. The number of piperazine rings is 1. The van der Waals surface area contributed by atoms with Crippen molar-refractivity contribution in [3.63, 3.8) is 0 Å². The minimum absolute atomic E-state index is 0.189. The monoisotopic (exact) mass is 587 g/mol. The van der Waals surface area contributed by atoms with Crippen LogP contribution >= 0.6 is 18.7 Å². The number of ether oxygens (including phenoxy) is 1. The van der Waals surface area contributed by atoms with E-state index >= 15 is 0 Å². The Morgan fingerprint density at radius 2 is 1.77 bits per heavy atom. The summed E-state index contributed by atoms with van der Waals surface area (Å²) >= 11 is 6.41. The molecule has 9 nitrogen and oxygen atoms in total. The molecule has 0 amide bonds. The highest BCUT2D eigenvalue weighted by atomic mass is 35.5. The van der Waals surface area contributed by atoms with E-state index < -0.39 is 20.1 Å². The van der Waals surface area contributed by atoms with Crippen molar-refractivity contribution >= 4 is 52.9 Å². The van der Waals surface area contributed by atoms with Gasteiger partial charge >= 0.3 is 0 Å². The van der Waals surface area contributed by atoms with Gasteiger partial charge in [0.2, 0.25) is 5.95 Å². The number of hydrogen-bond acceptors (Lipinski definition) is 9. The summed E-state index contributed by atoms with van der Waals surface area (Å²) in [6.45, 7) is 2.93. The first-order valence-electron chi connectivity index (χ1n) is 15.3. The van der Waals surface area contributed by atoms with Crippen LogP contribution in [0.4, 0.5) is 28.8 Å². The predicted octanol–water partition coefficient (Wildman–Crippen LogP) is 5.09. The first kappa shape index (κ1) is 23.8. The van der Waals surface area contributed by atoms with E-state index in [1.807, 2.05) is 24.3 Å². The van der Waals surface area contributed by atoms with Crippen molar-refractivity contribution in [1.29, 1.82) is 0 Å². The third-order valence-electron chi connectivity index (χ3n) is 7.20. The summed E-state index contributed by atoms with van der Waals surface area (Å²) in [6.07, 6.45) is 1.84. The number of aromatic nitrogens is 2. The standard InChI is InChI=1S/C29H39ClN7O2P/c1-35-15-17-37(18-16-35)21-11-13-36(14-12-21)22-9-10-24(26(19-22)39-2)33-29-31-20-23(30)28(34-29)32-25-7-5-6-8-27(25)40(3,4)38/h5-10,19-21H,11-18H2,1-4H3,(H2,31,32,33,34)/i13D2,14D2. The zero-order valence-corrected chi connectivity index (χ0v) is 25.0. The van der Waals surface area contributed by atoms with Crippen molar-refractivity contribution in [2.75, 3.05) is 82.2 Å². The van der Waals surface area contributed by atoms with Crippen LogP contribution in [0.2, 0.25) is 5.02 Å². The first-order chi connectivity index (χ1) is 20.7. The van der Waals surface area contributed by atoms with Gasteiger partial charge in [-0.1, -0.05) is 23.7 Å². The molecule has 40 heavy (non-hydrogen) atoms. The van der Waals surface area contributed by atoms with E-state index in [1.165, 1.54) is 18.2 Å². The Bertz CT molecular complexity index is 1530. The number of rotatable bonds is 8. The Morgan fingerprint density at radius 3 is 2.48 bits per heavy atom. The quantitative estimate of drug-likeness (QED) is 0.350. The summed E-state index contributed by atoms with van der Waals surface area (Å²) in [5.74, 6) is 0.909. The highest BCUT2D eigenvalue weighted by Gasteiger charge is 2.27. The normalized spacial score (nSPS) is 21.6. The number of likely N-dealkylation sites (N-methyl/N-ethyl adjacent to an activating group) is 1. The summed E-state index contributed by atoms with van der Waals surface area (Å²) in [7, 11) is 0.984. The van der Waals surface area contributed by atoms with Crippen molar-refractivity contribution < 1.29 is 14.8 Å². The van der Waals surface area contributed by atoms with E-state index in [1.54, 1.807) is 31.5 Å². The topological polar surface area (TPSA) is 85.9 Å². The minimum atomic E-state index is -2.58. The molecule has 0 unspecified atom stereocenters. The fraction of sp³-hybridized carbons (Fsp3) is 0.448. The molecule has 2 fully saturated rings. The van der Waals surface area contributed by atoms with Gasteiger partial charge in [0.25, 0.3) is 0 Å². The lowest BCUT2D eigenvalue weighted by atomic mass is 10.0. The van der Waals surface area contributed by atoms with Gasteiger partial charge in [0.1, 0.15) is 17.9 Å². The predicted molar refractivity (Wildman–Crippen MR) is 166 cm³/mol. The lowest BCUT2D eigenvalue weighted by Gasteiger charge is -2.42. The first-order valence-corrected chi connectivity index (χ1v) is 16.3. The molecule has 0 atom stereocenters. The van der Waals surface area contributed by atoms with E-state index in [2.05, 4.69) is 37.4 Å². The number of halogens is 1. The van der Waals surface area contributed by atoms with Crippen LogP contribution in [0.1, 0.15) is 18.3 Å². The number of benzene rings is 2. The number of piperidine rings is 1. The fourth-order valence-electron chi connectivity index (χ4n) is 4.88. The number of para-hydroxylation sites is 1. The molecule has 0 aliphatic carbocycles. The number of anilines is 5. The molecule has 2 aromatic carbocycles.